The van der Waals surface area contributed by atoms with Gasteiger partial charge in [-0.25, -0.2) is 15.0 Å². The van der Waals surface area contributed by atoms with Crippen LogP contribution in [0.4, 0.5) is 0 Å². The number of hydrogen-bond donors (Lipinski definition) is 0. The zero-order chi connectivity index (χ0) is 24.6. The van der Waals surface area contributed by atoms with Gasteiger partial charge >= 0.3 is 0 Å². The van der Waals surface area contributed by atoms with E-state index < -0.39 is 0 Å². The van der Waals surface area contributed by atoms with E-state index in [2.05, 4.69) is 89.9 Å². The molecule has 0 aliphatic carbocycles. The first-order valence-electron chi connectivity index (χ1n) is 12.2. The molecule has 0 N–H and O–H groups in total. The lowest BCUT2D eigenvalue weighted by Gasteiger charge is -2.13. The molecule has 0 bridgehead atoms. The van der Waals surface area contributed by atoms with Crippen LogP contribution in [0.1, 0.15) is 0 Å². The molecule has 174 valence electrons. The van der Waals surface area contributed by atoms with E-state index >= 15 is 0 Å². The standard InChI is InChI=1S/C33H21N3S/c1-3-9-22(10-4-1)30-20-31(23-11-5-2-6-12-23)36-33(35-30)28-17-16-25(26-13-7-8-14-27(26)28)24-15-18-29-32(19-24)37-21-34-29/h1-21H. The summed E-state index contributed by atoms with van der Waals surface area (Å²) < 4.78 is 1.19. The van der Waals surface area contributed by atoms with Crippen molar-refractivity contribution in [1.29, 1.82) is 0 Å². The Balaban J connectivity index is 1.45. The van der Waals surface area contributed by atoms with Gasteiger partial charge in [-0.1, -0.05) is 97.1 Å². The van der Waals surface area contributed by atoms with Crippen LogP contribution in [-0.4, -0.2) is 15.0 Å². The molecule has 0 atom stereocenters. The highest BCUT2D eigenvalue weighted by Crippen LogP contribution is 2.37. The molecule has 0 saturated heterocycles. The summed E-state index contributed by atoms with van der Waals surface area (Å²) in [5.74, 6) is 0.723. The van der Waals surface area contributed by atoms with Gasteiger partial charge in [0.25, 0.3) is 0 Å². The number of hydrogen-bond acceptors (Lipinski definition) is 4. The van der Waals surface area contributed by atoms with Crippen molar-refractivity contribution < 1.29 is 0 Å². The summed E-state index contributed by atoms with van der Waals surface area (Å²) in [6, 6.07) is 42.1. The van der Waals surface area contributed by atoms with Crippen molar-refractivity contribution in [2.24, 2.45) is 0 Å². The molecular weight excluding hydrogens is 470 g/mol. The van der Waals surface area contributed by atoms with Crippen LogP contribution in [0, 0.1) is 0 Å². The first-order chi connectivity index (χ1) is 18.3. The van der Waals surface area contributed by atoms with E-state index in [-0.39, 0.29) is 0 Å². The van der Waals surface area contributed by atoms with Crippen LogP contribution in [0.2, 0.25) is 0 Å². The summed E-state index contributed by atoms with van der Waals surface area (Å²) in [5, 5.41) is 2.31. The van der Waals surface area contributed by atoms with Gasteiger partial charge in [0.15, 0.2) is 5.82 Å². The number of aromatic nitrogens is 3. The smallest absolute Gasteiger partial charge is 0.161 e. The number of benzene rings is 5. The summed E-state index contributed by atoms with van der Waals surface area (Å²) in [7, 11) is 0. The zero-order valence-electron chi connectivity index (χ0n) is 19.9. The molecule has 0 amide bonds. The predicted octanol–water partition coefficient (Wildman–Crippen LogP) is 8.91. The van der Waals surface area contributed by atoms with Crippen molar-refractivity contribution >= 4 is 32.3 Å². The van der Waals surface area contributed by atoms with E-state index in [1.807, 2.05) is 41.9 Å². The predicted molar refractivity (Wildman–Crippen MR) is 154 cm³/mol. The van der Waals surface area contributed by atoms with Crippen molar-refractivity contribution in [1.82, 2.24) is 15.0 Å². The highest BCUT2D eigenvalue weighted by Gasteiger charge is 2.15. The average Bonchev–Trinajstić information content (AvgIpc) is 3.45. The summed E-state index contributed by atoms with van der Waals surface area (Å²) in [6.45, 7) is 0. The molecule has 0 radical (unpaired) electrons. The first kappa shape index (κ1) is 21.6. The molecule has 7 aromatic rings. The Morgan fingerprint density at radius 3 is 1.76 bits per heavy atom. The highest BCUT2D eigenvalue weighted by atomic mass is 32.1. The van der Waals surface area contributed by atoms with Crippen LogP contribution in [0.15, 0.2) is 127 Å². The highest BCUT2D eigenvalue weighted by molar-refractivity contribution is 7.16. The molecule has 0 saturated carbocycles. The van der Waals surface area contributed by atoms with Crippen LogP contribution in [0.25, 0.3) is 66.0 Å². The van der Waals surface area contributed by atoms with Gasteiger partial charge in [-0.15, -0.1) is 11.3 Å². The Morgan fingerprint density at radius 1 is 0.486 bits per heavy atom. The molecule has 5 aromatic carbocycles. The van der Waals surface area contributed by atoms with Gasteiger partial charge in [0, 0.05) is 16.7 Å². The van der Waals surface area contributed by atoms with Gasteiger partial charge in [-0.3, -0.25) is 0 Å². The van der Waals surface area contributed by atoms with Gasteiger partial charge in [-0.05, 0) is 46.2 Å². The Hall–Kier alpha value is -4.67. The second-order valence-corrected chi connectivity index (χ2v) is 9.82. The molecule has 0 spiro atoms. The number of fused-ring (bicyclic) bond motifs is 2. The second-order valence-electron chi connectivity index (χ2n) is 8.94. The molecule has 0 unspecified atom stereocenters. The maximum absolute atomic E-state index is 5.07. The third kappa shape index (κ3) is 3.98. The third-order valence-corrected chi connectivity index (χ3v) is 7.46. The van der Waals surface area contributed by atoms with E-state index in [0.29, 0.717) is 0 Å². The van der Waals surface area contributed by atoms with Crippen LogP contribution >= 0.6 is 11.3 Å². The molecule has 0 aliphatic heterocycles. The normalized spacial score (nSPS) is 11.2. The topological polar surface area (TPSA) is 38.7 Å². The number of rotatable bonds is 4. The first-order valence-corrected chi connectivity index (χ1v) is 13.1. The lowest BCUT2D eigenvalue weighted by molar-refractivity contribution is 1.19. The van der Waals surface area contributed by atoms with Gasteiger partial charge in [0.2, 0.25) is 0 Å². The molecule has 4 heteroatoms. The van der Waals surface area contributed by atoms with Gasteiger partial charge in [0.05, 0.1) is 27.1 Å². The molecule has 2 heterocycles. The summed E-state index contributed by atoms with van der Waals surface area (Å²) in [6.07, 6.45) is 0. The summed E-state index contributed by atoms with van der Waals surface area (Å²) >= 11 is 1.67. The Bertz CT molecular complexity index is 1820. The fourth-order valence-electron chi connectivity index (χ4n) is 4.85. The molecule has 2 aromatic heterocycles. The molecule has 37 heavy (non-hydrogen) atoms. The average molecular weight is 492 g/mol. The largest absolute Gasteiger partial charge is 0.245 e. The zero-order valence-corrected chi connectivity index (χ0v) is 20.7. The number of nitrogens with zero attached hydrogens (tertiary/aromatic N) is 3. The fourth-order valence-corrected chi connectivity index (χ4v) is 5.57. The molecule has 0 aliphatic rings. The minimum atomic E-state index is 0.723. The summed E-state index contributed by atoms with van der Waals surface area (Å²) in [5.41, 5.74) is 10.3. The van der Waals surface area contributed by atoms with E-state index in [1.54, 1.807) is 11.3 Å². The van der Waals surface area contributed by atoms with Crippen molar-refractivity contribution in [2.75, 3.05) is 0 Å². The van der Waals surface area contributed by atoms with Gasteiger partial charge in [0.1, 0.15) is 0 Å². The minimum absolute atomic E-state index is 0.723. The van der Waals surface area contributed by atoms with Crippen LogP contribution in [-0.2, 0) is 0 Å². The SMILES string of the molecule is c1ccc(-c2cc(-c3ccccc3)nc(-c3ccc(-c4ccc5ncsc5c4)c4ccccc34)n2)cc1. The Morgan fingerprint density at radius 2 is 1.08 bits per heavy atom. The maximum Gasteiger partial charge on any atom is 0.161 e. The monoisotopic (exact) mass is 491 g/mol. The minimum Gasteiger partial charge on any atom is -0.245 e. The fraction of sp³-hybridized carbons (Fsp3) is 0. The van der Waals surface area contributed by atoms with Crippen LogP contribution < -0.4 is 0 Å². The second kappa shape index (κ2) is 9.08. The van der Waals surface area contributed by atoms with Crippen molar-refractivity contribution in [3.05, 3.63) is 127 Å². The van der Waals surface area contributed by atoms with Crippen molar-refractivity contribution in [2.45, 2.75) is 0 Å². The molecule has 7 rings (SSSR count). The van der Waals surface area contributed by atoms with Crippen LogP contribution in [0.3, 0.4) is 0 Å². The van der Waals surface area contributed by atoms with E-state index in [9.17, 15) is 0 Å². The third-order valence-electron chi connectivity index (χ3n) is 6.67. The number of thiazole rings is 1. The lowest BCUT2D eigenvalue weighted by atomic mass is 9.94. The quantitative estimate of drug-likeness (QED) is 0.247. The van der Waals surface area contributed by atoms with E-state index in [0.717, 1.165) is 44.8 Å². The van der Waals surface area contributed by atoms with E-state index in [4.69, 9.17) is 9.97 Å². The van der Waals surface area contributed by atoms with Crippen LogP contribution in [0.5, 0.6) is 0 Å². The Kier molecular flexibility index (Phi) is 5.30. The molecule has 3 nitrogen and oxygen atoms in total. The van der Waals surface area contributed by atoms with E-state index in [1.165, 1.54) is 21.2 Å². The Labute approximate surface area is 218 Å². The van der Waals surface area contributed by atoms with Crippen molar-refractivity contribution in [3.63, 3.8) is 0 Å². The molecular formula is C33H21N3S. The maximum atomic E-state index is 5.07. The molecule has 0 fully saturated rings. The van der Waals surface area contributed by atoms with Crippen molar-refractivity contribution in [3.8, 4) is 45.0 Å². The summed E-state index contributed by atoms with van der Waals surface area (Å²) in [4.78, 5) is 14.6. The van der Waals surface area contributed by atoms with Gasteiger partial charge in [-0.2, -0.15) is 0 Å². The van der Waals surface area contributed by atoms with Gasteiger partial charge < -0.3 is 0 Å². The lowest BCUT2D eigenvalue weighted by Crippen LogP contribution is -1.97.